The van der Waals surface area contributed by atoms with Crippen LogP contribution in [0.2, 0.25) is 0 Å². The van der Waals surface area contributed by atoms with E-state index in [1.54, 1.807) is 0 Å². The Morgan fingerprint density at radius 3 is 2.18 bits per heavy atom. The zero-order valence-electron chi connectivity index (χ0n) is 17.2. The van der Waals surface area contributed by atoms with Crippen molar-refractivity contribution in [3.8, 4) is 11.3 Å². The van der Waals surface area contributed by atoms with E-state index in [1.807, 2.05) is 6.07 Å². The van der Waals surface area contributed by atoms with Crippen LogP contribution >= 0.6 is 0 Å². The Morgan fingerprint density at radius 2 is 1.64 bits per heavy atom. The fourth-order valence-electron chi connectivity index (χ4n) is 3.06. The summed E-state index contributed by atoms with van der Waals surface area (Å²) in [5, 5.41) is 9.59. The van der Waals surface area contributed by atoms with E-state index < -0.39 is 0 Å². The van der Waals surface area contributed by atoms with Crippen molar-refractivity contribution >= 4 is 16.7 Å². The SMILES string of the molecule is CC(=O)/C=C(/C)O.Cc1c[c-]c(-c2ccc3c(C)cc(C)cc3n2)c(C)c1.[Ir]. The second kappa shape index (κ2) is 10.3. The standard InChI is InChI=1S/C19H18N.C5H8O2.Ir/c1-12-5-6-16(14(3)9-12)18-8-7-17-15(4)10-13(2)11-19(17)20-18;1-4(6)3-5(2)7;/h5,7-11H,1-4H3;3,6H,1-2H3;/q-1;;/b;4-3-;. The minimum absolute atomic E-state index is 0. The van der Waals surface area contributed by atoms with Crippen LogP contribution in [-0.2, 0) is 24.9 Å². The van der Waals surface area contributed by atoms with Crippen molar-refractivity contribution in [2.24, 2.45) is 0 Å². The van der Waals surface area contributed by atoms with E-state index >= 15 is 0 Å². The maximum absolute atomic E-state index is 10.0. The largest absolute Gasteiger partial charge is 0.512 e. The maximum Gasteiger partial charge on any atom is 0.155 e. The van der Waals surface area contributed by atoms with Crippen molar-refractivity contribution in [3.05, 3.63) is 76.6 Å². The number of allylic oxidation sites excluding steroid dienone is 2. The summed E-state index contributed by atoms with van der Waals surface area (Å²) in [6, 6.07) is 16.2. The van der Waals surface area contributed by atoms with E-state index in [0.29, 0.717) is 0 Å². The van der Waals surface area contributed by atoms with Crippen LogP contribution in [0.25, 0.3) is 22.2 Å². The molecule has 0 spiro atoms. The van der Waals surface area contributed by atoms with Crippen LogP contribution in [0.1, 0.15) is 36.1 Å². The van der Waals surface area contributed by atoms with E-state index in [0.717, 1.165) is 16.8 Å². The molecule has 4 heteroatoms. The van der Waals surface area contributed by atoms with Crippen LogP contribution in [0.4, 0.5) is 0 Å². The molecule has 3 rings (SSSR count). The predicted octanol–water partition coefficient (Wildman–Crippen LogP) is 5.97. The Hall–Kier alpha value is -2.29. The summed E-state index contributed by atoms with van der Waals surface area (Å²) >= 11 is 0. The molecule has 0 aliphatic heterocycles. The summed E-state index contributed by atoms with van der Waals surface area (Å²) in [7, 11) is 0. The number of aryl methyl sites for hydroxylation is 4. The zero-order chi connectivity index (χ0) is 20.1. The van der Waals surface area contributed by atoms with Crippen molar-refractivity contribution in [3.63, 3.8) is 0 Å². The molecular weight excluding hydrogens is 526 g/mol. The number of nitrogens with zero attached hydrogens (tertiary/aromatic N) is 1. The quantitative estimate of drug-likeness (QED) is 0.242. The fourth-order valence-corrected chi connectivity index (χ4v) is 3.06. The third-order valence-electron chi connectivity index (χ3n) is 4.11. The molecule has 1 aromatic heterocycles. The minimum atomic E-state index is -0.125. The maximum atomic E-state index is 10.0. The molecule has 0 fully saturated rings. The molecule has 3 aromatic rings. The minimum Gasteiger partial charge on any atom is -0.512 e. The van der Waals surface area contributed by atoms with Gasteiger partial charge in [0, 0.05) is 31.6 Å². The Balaban J connectivity index is 0.000000425. The molecule has 149 valence electrons. The van der Waals surface area contributed by atoms with E-state index in [-0.39, 0.29) is 31.6 Å². The molecule has 3 nitrogen and oxygen atoms in total. The number of hydrogen-bond donors (Lipinski definition) is 1. The Kier molecular flexibility index (Phi) is 8.74. The summed E-state index contributed by atoms with van der Waals surface area (Å²) in [6.07, 6.45) is 1.17. The smallest absolute Gasteiger partial charge is 0.155 e. The van der Waals surface area contributed by atoms with Gasteiger partial charge in [0.1, 0.15) is 0 Å². The van der Waals surface area contributed by atoms with E-state index in [4.69, 9.17) is 10.1 Å². The average molecular weight is 553 g/mol. The summed E-state index contributed by atoms with van der Waals surface area (Å²) < 4.78 is 0. The molecular formula is C24H26IrNO2-. The first-order valence-corrected chi connectivity index (χ1v) is 8.92. The summed E-state index contributed by atoms with van der Waals surface area (Å²) in [6.45, 7) is 11.3. The van der Waals surface area contributed by atoms with Crippen LogP contribution in [0.15, 0.2) is 48.2 Å². The topological polar surface area (TPSA) is 50.2 Å². The van der Waals surface area contributed by atoms with Gasteiger partial charge in [0.05, 0.1) is 11.3 Å². The number of aliphatic hydroxyl groups is 1. The Bertz CT molecular complexity index is 1020. The van der Waals surface area contributed by atoms with Crippen molar-refractivity contribution in [1.29, 1.82) is 0 Å². The molecule has 0 aliphatic rings. The molecule has 0 amide bonds. The predicted molar refractivity (Wildman–Crippen MR) is 112 cm³/mol. The molecule has 0 saturated heterocycles. The molecule has 0 aliphatic carbocycles. The van der Waals surface area contributed by atoms with Gasteiger partial charge < -0.3 is 5.11 Å². The van der Waals surface area contributed by atoms with Crippen molar-refractivity contribution < 1.29 is 30.0 Å². The van der Waals surface area contributed by atoms with E-state index in [9.17, 15) is 4.79 Å². The number of carbonyl (C=O) groups is 1. The number of fused-ring (bicyclic) bond motifs is 1. The molecule has 28 heavy (non-hydrogen) atoms. The third kappa shape index (κ3) is 6.40. The number of aromatic nitrogens is 1. The second-order valence-electron chi connectivity index (χ2n) is 6.98. The number of rotatable bonds is 2. The van der Waals surface area contributed by atoms with Crippen LogP contribution in [0, 0.1) is 33.8 Å². The second-order valence-corrected chi connectivity index (χ2v) is 6.98. The summed E-state index contributed by atoms with van der Waals surface area (Å²) in [5.41, 5.74) is 8.15. The number of ketones is 1. The van der Waals surface area contributed by atoms with Gasteiger partial charge in [0.15, 0.2) is 5.78 Å². The molecule has 2 aromatic carbocycles. The Labute approximate surface area is 180 Å². The average Bonchev–Trinajstić information content (AvgIpc) is 2.53. The van der Waals surface area contributed by atoms with Gasteiger partial charge in [-0.1, -0.05) is 32.0 Å². The van der Waals surface area contributed by atoms with Crippen molar-refractivity contribution in [1.82, 2.24) is 4.98 Å². The molecule has 0 atom stereocenters. The monoisotopic (exact) mass is 553 g/mol. The number of aliphatic hydroxyl groups excluding tert-OH is 1. The van der Waals surface area contributed by atoms with E-state index in [2.05, 4.69) is 64.1 Å². The first-order chi connectivity index (χ1) is 12.7. The Morgan fingerprint density at radius 1 is 1.00 bits per heavy atom. The zero-order valence-corrected chi connectivity index (χ0v) is 19.6. The number of pyridine rings is 1. The van der Waals surface area contributed by atoms with Gasteiger partial charge in [-0.05, 0) is 50.6 Å². The first-order valence-electron chi connectivity index (χ1n) is 8.92. The molecule has 0 bridgehead atoms. The van der Waals surface area contributed by atoms with Crippen LogP contribution in [-0.4, -0.2) is 15.9 Å². The van der Waals surface area contributed by atoms with Gasteiger partial charge in [-0.15, -0.1) is 34.9 Å². The number of carbonyl (C=O) groups excluding carboxylic acids is 1. The van der Waals surface area contributed by atoms with Gasteiger partial charge in [-0.25, -0.2) is 0 Å². The summed E-state index contributed by atoms with van der Waals surface area (Å²) in [5.74, 6) is -0.0625. The molecule has 0 unspecified atom stereocenters. The first kappa shape index (κ1) is 23.7. The fraction of sp³-hybridized carbons (Fsp3) is 0.250. The normalized spacial score (nSPS) is 10.7. The van der Waals surface area contributed by atoms with Gasteiger partial charge >= 0.3 is 0 Å². The molecule has 1 radical (unpaired) electrons. The number of benzene rings is 2. The summed E-state index contributed by atoms with van der Waals surface area (Å²) in [4.78, 5) is 14.8. The van der Waals surface area contributed by atoms with Crippen LogP contribution in [0.3, 0.4) is 0 Å². The van der Waals surface area contributed by atoms with Gasteiger partial charge in [0.2, 0.25) is 0 Å². The van der Waals surface area contributed by atoms with Crippen LogP contribution < -0.4 is 0 Å². The molecule has 1 N–H and O–H groups in total. The van der Waals surface area contributed by atoms with Gasteiger partial charge in [0.25, 0.3) is 0 Å². The van der Waals surface area contributed by atoms with E-state index in [1.165, 1.54) is 47.6 Å². The molecule has 0 saturated carbocycles. The van der Waals surface area contributed by atoms with Gasteiger partial charge in [-0.3, -0.25) is 9.78 Å². The van der Waals surface area contributed by atoms with Crippen LogP contribution in [0.5, 0.6) is 0 Å². The molecule has 1 heterocycles. The third-order valence-corrected chi connectivity index (χ3v) is 4.11. The van der Waals surface area contributed by atoms with Crippen molar-refractivity contribution in [2.75, 3.05) is 0 Å². The van der Waals surface area contributed by atoms with Gasteiger partial charge in [-0.2, -0.15) is 0 Å². The van der Waals surface area contributed by atoms with Crippen molar-refractivity contribution in [2.45, 2.75) is 41.5 Å². The number of hydrogen-bond acceptors (Lipinski definition) is 3.